The van der Waals surface area contributed by atoms with E-state index in [2.05, 4.69) is 39.5 Å². The molecular weight excluding hydrogens is 336 g/mol. The van der Waals surface area contributed by atoms with Crippen LogP contribution in [-0.2, 0) is 6.54 Å². The molecule has 0 saturated carbocycles. The Labute approximate surface area is 160 Å². The Morgan fingerprint density at radius 1 is 1.00 bits per heavy atom. The van der Waals surface area contributed by atoms with Gasteiger partial charge < -0.3 is 4.74 Å². The van der Waals surface area contributed by atoms with Crippen LogP contribution in [0.3, 0.4) is 0 Å². The predicted molar refractivity (Wildman–Crippen MR) is 113 cm³/mol. The molecule has 2 aromatic carbocycles. The van der Waals surface area contributed by atoms with Gasteiger partial charge in [-0.15, -0.1) is 0 Å². The van der Waals surface area contributed by atoms with Gasteiger partial charge >= 0.3 is 5.69 Å². The van der Waals surface area contributed by atoms with Gasteiger partial charge in [0.15, 0.2) is 0 Å². The molecule has 27 heavy (non-hydrogen) atoms. The van der Waals surface area contributed by atoms with Crippen molar-refractivity contribution >= 4 is 16.7 Å². The van der Waals surface area contributed by atoms with Gasteiger partial charge in [-0.05, 0) is 75.9 Å². The number of allylic oxidation sites excluding steroid dienone is 1. The number of imidazole rings is 1. The normalized spacial score (nSPS) is 11.1. The minimum atomic E-state index is -0.0121. The standard InChI is InChI=1S/C23H28N2O2/c1-16(2)25-22-15-19(5)18(4)14-21(22)24(23(25)26)12-6-7-13-27-20-10-8-17(3)9-11-20/h8-11,14-15H,1,6-7,12-13H2,2-5H3. The summed E-state index contributed by atoms with van der Waals surface area (Å²) in [5.41, 5.74) is 6.24. The number of nitrogens with zero attached hydrogens (tertiary/aromatic N) is 2. The number of ether oxygens (including phenoxy) is 1. The fourth-order valence-corrected chi connectivity index (χ4v) is 3.29. The molecule has 0 unspecified atom stereocenters. The first-order valence-corrected chi connectivity index (χ1v) is 9.46. The summed E-state index contributed by atoms with van der Waals surface area (Å²) in [6, 6.07) is 12.3. The first-order valence-electron chi connectivity index (χ1n) is 9.46. The van der Waals surface area contributed by atoms with Crippen LogP contribution in [0.25, 0.3) is 16.7 Å². The zero-order valence-electron chi connectivity index (χ0n) is 16.7. The smallest absolute Gasteiger partial charge is 0.333 e. The van der Waals surface area contributed by atoms with Crippen LogP contribution in [0.1, 0.15) is 36.5 Å². The average Bonchev–Trinajstić information content (AvgIpc) is 2.88. The Balaban J connectivity index is 1.72. The van der Waals surface area contributed by atoms with E-state index in [1.807, 2.05) is 35.8 Å². The molecule has 0 spiro atoms. The highest BCUT2D eigenvalue weighted by Crippen LogP contribution is 2.21. The second-order valence-electron chi connectivity index (χ2n) is 7.30. The van der Waals surface area contributed by atoms with Crippen LogP contribution in [-0.4, -0.2) is 15.7 Å². The fraction of sp³-hybridized carbons (Fsp3) is 0.348. The molecule has 0 bridgehead atoms. The Hall–Kier alpha value is -2.75. The number of unbranched alkanes of at least 4 members (excludes halogenated alkanes) is 1. The lowest BCUT2D eigenvalue weighted by atomic mass is 10.1. The summed E-state index contributed by atoms with van der Waals surface area (Å²) in [6.07, 6.45) is 1.78. The Morgan fingerprint density at radius 3 is 2.26 bits per heavy atom. The summed E-state index contributed by atoms with van der Waals surface area (Å²) in [4.78, 5) is 12.9. The molecule has 0 amide bonds. The lowest BCUT2D eigenvalue weighted by Gasteiger charge is -2.07. The molecule has 4 nitrogen and oxygen atoms in total. The molecule has 4 heteroatoms. The average molecular weight is 364 g/mol. The molecule has 0 saturated heterocycles. The number of hydrogen-bond donors (Lipinski definition) is 0. The molecule has 0 fully saturated rings. The second kappa shape index (κ2) is 7.87. The van der Waals surface area contributed by atoms with Crippen LogP contribution in [0.15, 0.2) is 47.8 Å². The molecule has 0 aliphatic heterocycles. The topological polar surface area (TPSA) is 36.2 Å². The second-order valence-corrected chi connectivity index (χ2v) is 7.30. The maximum Gasteiger partial charge on any atom is 0.333 e. The van der Waals surface area contributed by atoms with Gasteiger partial charge in [0.25, 0.3) is 0 Å². The molecule has 1 aromatic heterocycles. The highest BCUT2D eigenvalue weighted by atomic mass is 16.5. The summed E-state index contributed by atoms with van der Waals surface area (Å²) in [7, 11) is 0. The van der Waals surface area contributed by atoms with Gasteiger partial charge in [0.2, 0.25) is 0 Å². The highest BCUT2D eigenvalue weighted by Gasteiger charge is 2.14. The first kappa shape index (κ1) is 19.0. The molecule has 0 atom stereocenters. The van der Waals surface area contributed by atoms with E-state index in [-0.39, 0.29) is 5.69 Å². The lowest BCUT2D eigenvalue weighted by molar-refractivity contribution is 0.303. The number of hydrogen-bond acceptors (Lipinski definition) is 2. The first-order chi connectivity index (χ1) is 12.9. The summed E-state index contributed by atoms with van der Waals surface area (Å²) in [5, 5.41) is 0. The van der Waals surface area contributed by atoms with E-state index >= 15 is 0 Å². The highest BCUT2D eigenvalue weighted by molar-refractivity contribution is 5.81. The minimum Gasteiger partial charge on any atom is -0.494 e. The molecule has 0 aliphatic carbocycles. The number of aromatic nitrogens is 2. The van der Waals surface area contributed by atoms with Gasteiger partial charge in [0.05, 0.1) is 17.6 Å². The molecule has 0 aliphatic rings. The van der Waals surface area contributed by atoms with Crippen LogP contribution >= 0.6 is 0 Å². The number of fused-ring (bicyclic) bond motifs is 1. The van der Waals surface area contributed by atoms with E-state index in [4.69, 9.17) is 4.74 Å². The van der Waals surface area contributed by atoms with Crippen molar-refractivity contribution in [2.45, 2.75) is 47.1 Å². The molecule has 3 rings (SSSR count). The van der Waals surface area contributed by atoms with E-state index in [0.717, 1.165) is 35.3 Å². The minimum absolute atomic E-state index is 0.0121. The zero-order valence-corrected chi connectivity index (χ0v) is 16.7. The summed E-state index contributed by atoms with van der Waals surface area (Å²) in [6.45, 7) is 13.4. The van der Waals surface area contributed by atoms with Gasteiger partial charge in [0, 0.05) is 12.2 Å². The third-order valence-corrected chi connectivity index (χ3v) is 4.99. The van der Waals surface area contributed by atoms with E-state index in [1.54, 1.807) is 4.57 Å². The van der Waals surface area contributed by atoms with Gasteiger partial charge in [-0.25, -0.2) is 4.79 Å². The summed E-state index contributed by atoms with van der Waals surface area (Å²) < 4.78 is 9.36. The van der Waals surface area contributed by atoms with Crippen molar-refractivity contribution in [3.63, 3.8) is 0 Å². The third kappa shape index (κ3) is 4.00. The monoisotopic (exact) mass is 364 g/mol. The van der Waals surface area contributed by atoms with E-state index in [1.165, 1.54) is 16.7 Å². The Morgan fingerprint density at radius 2 is 1.63 bits per heavy atom. The van der Waals surface area contributed by atoms with Crippen LogP contribution < -0.4 is 10.4 Å². The van der Waals surface area contributed by atoms with Crippen molar-refractivity contribution in [1.29, 1.82) is 0 Å². The van der Waals surface area contributed by atoms with Crippen LogP contribution in [0.4, 0.5) is 0 Å². The van der Waals surface area contributed by atoms with Crippen molar-refractivity contribution in [3.8, 4) is 5.75 Å². The lowest BCUT2D eigenvalue weighted by Crippen LogP contribution is -2.23. The van der Waals surface area contributed by atoms with E-state index < -0.39 is 0 Å². The van der Waals surface area contributed by atoms with E-state index in [0.29, 0.717) is 13.2 Å². The van der Waals surface area contributed by atoms with Crippen LogP contribution in [0, 0.1) is 20.8 Å². The molecule has 0 N–H and O–H groups in total. The van der Waals surface area contributed by atoms with E-state index in [9.17, 15) is 4.79 Å². The van der Waals surface area contributed by atoms with Gasteiger partial charge in [-0.3, -0.25) is 9.13 Å². The molecule has 142 valence electrons. The maximum absolute atomic E-state index is 12.9. The van der Waals surface area contributed by atoms with Gasteiger partial charge in [0.1, 0.15) is 5.75 Å². The number of aryl methyl sites for hydroxylation is 4. The number of benzene rings is 2. The molecule has 0 radical (unpaired) electrons. The quantitative estimate of drug-likeness (QED) is 0.548. The van der Waals surface area contributed by atoms with Gasteiger partial charge in [-0.2, -0.15) is 0 Å². The summed E-state index contributed by atoms with van der Waals surface area (Å²) in [5.74, 6) is 0.891. The predicted octanol–water partition coefficient (Wildman–Crippen LogP) is 5.08. The Kier molecular flexibility index (Phi) is 5.54. The van der Waals surface area contributed by atoms with Crippen molar-refractivity contribution in [3.05, 3.63) is 70.2 Å². The maximum atomic E-state index is 12.9. The van der Waals surface area contributed by atoms with Crippen LogP contribution in [0.2, 0.25) is 0 Å². The van der Waals surface area contributed by atoms with Crippen LogP contribution in [0.5, 0.6) is 5.75 Å². The zero-order chi connectivity index (χ0) is 19.6. The Bertz CT molecular complexity index is 1020. The molecule has 3 aromatic rings. The fourth-order valence-electron chi connectivity index (χ4n) is 3.29. The third-order valence-electron chi connectivity index (χ3n) is 4.99. The van der Waals surface area contributed by atoms with Crippen molar-refractivity contribution in [2.24, 2.45) is 0 Å². The van der Waals surface area contributed by atoms with Crippen molar-refractivity contribution in [2.75, 3.05) is 6.61 Å². The number of rotatable bonds is 7. The molecule has 1 heterocycles. The van der Waals surface area contributed by atoms with Gasteiger partial charge in [-0.1, -0.05) is 24.3 Å². The largest absolute Gasteiger partial charge is 0.494 e. The molecular formula is C23H28N2O2. The van der Waals surface area contributed by atoms with Crippen molar-refractivity contribution < 1.29 is 4.74 Å². The SMILES string of the molecule is C=C(C)n1c(=O)n(CCCCOc2ccc(C)cc2)c2cc(C)c(C)cc21. The summed E-state index contributed by atoms with van der Waals surface area (Å²) >= 11 is 0. The van der Waals surface area contributed by atoms with Crippen molar-refractivity contribution in [1.82, 2.24) is 9.13 Å².